The molecule has 0 saturated heterocycles. The van der Waals surface area contributed by atoms with Crippen LogP contribution in [0.4, 0.5) is 11.4 Å². The van der Waals surface area contributed by atoms with Gasteiger partial charge in [0, 0.05) is 43.1 Å². The van der Waals surface area contributed by atoms with Crippen molar-refractivity contribution in [3.8, 4) is 46.0 Å². The lowest BCUT2D eigenvalue weighted by molar-refractivity contribution is 0.0695. The summed E-state index contributed by atoms with van der Waals surface area (Å²) in [7, 11) is 0. The predicted molar refractivity (Wildman–Crippen MR) is 496 cm³/mol. The second-order valence-corrected chi connectivity index (χ2v) is 42.6. The number of aromatic carboxylic acids is 1. The first-order valence-corrected chi connectivity index (χ1v) is 42.9. The average Bonchev–Trinajstić information content (AvgIpc) is 0.674. The van der Waals surface area contributed by atoms with Crippen LogP contribution < -0.4 is 28.7 Å². The standard InChI is InChI=1S/C109H114N2O10/c1-60(2)72-26-25-27-73(61(3)4)96(72)111-99(114)80-54-84(120-70-44-34-65(35-45-70)108(21,22)58-104(11,12)13)92-76-50-48-74-86-75(49-51-77(87(76)86)93-85(55-81(100(111)115)89(80)95(92)93)121-71-46-36-66(37-47-71)109(23,24)59-105(14,15)16)91-83(119-69-42-32-64(33-43-69)107(19,20)57-103(8,9)10)53-79-88-78(97(112)110(98(79)113)67-38-28-62(29-39-67)101(116)117)52-82(90(74)94(88)91)118-68-40-30-63(31-41-68)106(17,18)56-102(5,6)7/h25-55,60-61H,56-59H2,1-24H3,(H,116,117). The van der Waals surface area contributed by atoms with E-state index in [9.17, 15) is 9.90 Å². The number of benzene rings is 14. The van der Waals surface area contributed by atoms with Gasteiger partial charge in [-0.3, -0.25) is 19.2 Å². The number of amides is 4. The maximum Gasteiger partial charge on any atom is 0.335 e. The van der Waals surface area contributed by atoms with Crippen LogP contribution in [0.1, 0.15) is 289 Å². The maximum absolute atomic E-state index is 16.6. The molecule has 16 rings (SSSR count). The summed E-state index contributed by atoms with van der Waals surface area (Å²) in [5.41, 5.74) is 7.26. The lowest BCUT2D eigenvalue weighted by Crippen LogP contribution is -2.42. The minimum Gasteiger partial charge on any atom is -0.478 e. The number of hydrogen-bond acceptors (Lipinski definition) is 9. The van der Waals surface area contributed by atoms with Crippen molar-refractivity contribution in [2.24, 2.45) is 21.7 Å². The zero-order chi connectivity index (χ0) is 87.0. The van der Waals surface area contributed by atoms with Crippen LogP contribution in [0.2, 0.25) is 0 Å². The van der Waals surface area contributed by atoms with Crippen LogP contribution in [0.5, 0.6) is 46.0 Å². The summed E-state index contributed by atoms with van der Waals surface area (Å²) >= 11 is 0. The molecule has 0 unspecified atom stereocenters. The van der Waals surface area contributed by atoms with E-state index >= 15 is 19.2 Å². The van der Waals surface area contributed by atoms with Gasteiger partial charge in [-0.25, -0.2) is 14.6 Å². The molecular weight excluding hydrogens is 1500 g/mol. The molecule has 14 aromatic rings. The minimum atomic E-state index is -1.15. The topological polar surface area (TPSA) is 149 Å². The Hall–Kier alpha value is -11.6. The molecule has 620 valence electrons. The van der Waals surface area contributed by atoms with E-state index in [0.717, 1.165) is 96.3 Å². The lowest BCUT2D eigenvalue weighted by atomic mass is 9.72. The van der Waals surface area contributed by atoms with Crippen LogP contribution in [0.25, 0.3) is 75.4 Å². The molecular formula is C109H114N2O10. The number of imide groups is 2. The summed E-state index contributed by atoms with van der Waals surface area (Å²) in [5, 5.41) is 19.1. The molecule has 0 bridgehead atoms. The molecule has 0 atom stereocenters. The van der Waals surface area contributed by atoms with Gasteiger partial charge in [0.25, 0.3) is 23.6 Å². The van der Waals surface area contributed by atoms with E-state index in [1.54, 1.807) is 12.1 Å². The molecule has 2 heterocycles. The first-order chi connectivity index (χ1) is 56.6. The molecule has 0 saturated carbocycles. The van der Waals surface area contributed by atoms with Crippen LogP contribution >= 0.6 is 0 Å². The lowest BCUT2D eigenvalue weighted by Gasteiger charge is -2.34. The largest absolute Gasteiger partial charge is 0.478 e. The van der Waals surface area contributed by atoms with Crippen molar-refractivity contribution in [1.29, 1.82) is 0 Å². The second kappa shape index (κ2) is 29.1. The van der Waals surface area contributed by atoms with Crippen molar-refractivity contribution in [2.75, 3.05) is 9.80 Å². The number of carbonyl (C=O) groups is 5. The van der Waals surface area contributed by atoms with Crippen molar-refractivity contribution in [3.63, 3.8) is 0 Å². The van der Waals surface area contributed by atoms with E-state index in [4.69, 9.17) is 18.9 Å². The highest BCUT2D eigenvalue weighted by Crippen LogP contribution is 2.59. The quantitative estimate of drug-likeness (QED) is 0.0419. The number of para-hydroxylation sites is 1. The van der Waals surface area contributed by atoms with Gasteiger partial charge < -0.3 is 24.1 Å². The SMILES string of the molecule is CC(C)c1cccc(C(C)C)c1N1C(=O)c2cc(Oc3ccc(C(C)(C)CC(C)(C)C)cc3)c3c4ccc5c6c(Oc7ccc(C(C)(C)CC(C)(C)C)cc7)cc7c8c(cc(Oc9ccc(C(C)(C)CC(C)(C)C)cc9)c(c9ccc(c%10c(Oc%11ccc(C(C)(C)CC(C)(C)C)cc%11)cc(c2c3%10)C1=O)c4c59)c86)C(=O)N(c1ccc(C(=O)O)cc1)C7=O. The van der Waals surface area contributed by atoms with Crippen molar-refractivity contribution in [1.82, 2.24) is 0 Å². The summed E-state index contributed by atoms with van der Waals surface area (Å²) in [6, 6.07) is 60.4. The molecule has 12 heteroatoms. The van der Waals surface area contributed by atoms with Gasteiger partial charge in [0.1, 0.15) is 46.0 Å². The average molecular weight is 1610 g/mol. The molecule has 0 radical (unpaired) electrons. The highest BCUT2D eigenvalue weighted by molar-refractivity contribution is 6.49. The van der Waals surface area contributed by atoms with Crippen molar-refractivity contribution < 1.29 is 48.0 Å². The van der Waals surface area contributed by atoms with Crippen molar-refractivity contribution >= 4 is 116 Å². The molecule has 12 nitrogen and oxygen atoms in total. The third kappa shape index (κ3) is 15.0. The van der Waals surface area contributed by atoms with E-state index < -0.39 is 29.6 Å². The molecule has 1 N–H and O–H groups in total. The minimum absolute atomic E-state index is 0.00980. The molecule has 0 fully saturated rings. The third-order valence-electron chi connectivity index (χ3n) is 24.9. The molecule has 2 aliphatic rings. The summed E-state index contributed by atoms with van der Waals surface area (Å²) in [4.78, 5) is 80.3. The molecule has 4 amide bonds. The van der Waals surface area contributed by atoms with Gasteiger partial charge in [-0.05, 0) is 244 Å². The number of carbonyl (C=O) groups excluding carboxylic acids is 4. The monoisotopic (exact) mass is 1610 g/mol. The first kappa shape index (κ1) is 83.0. The smallest absolute Gasteiger partial charge is 0.335 e. The Morgan fingerprint density at radius 1 is 0.306 bits per heavy atom. The van der Waals surface area contributed by atoms with Gasteiger partial charge in [0.15, 0.2) is 0 Å². The Labute approximate surface area is 712 Å². The van der Waals surface area contributed by atoms with Crippen molar-refractivity contribution in [3.05, 3.63) is 249 Å². The van der Waals surface area contributed by atoms with Gasteiger partial charge in [-0.2, -0.15) is 0 Å². The fraction of sp³-hybridized carbons (Fsp3) is 0.349. The number of carboxylic acid groups (broad SMARTS) is 1. The van der Waals surface area contributed by atoms with E-state index in [2.05, 4.69) is 239 Å². The Balaban J connectivity index is 1.05. The molecule has 0 spiro atoms. The van der Waals surface area contributed by atoms with Gasteiger partial charge >= 0.3 is 5.97 Å². The van der Waals surface area contributed by atoms with Crippen LogP contribution in [-0.2, 0) is 21.7 Å². The summed E-state index contributed by atoms with van der Waals surface area (Å²) in [6.07, 6.45) is 3.67. The highest BCUT2D eigenvalue weighted by atomic mass is 16.5. The number of carboxylic acids is 1. The van der Waals surface area contributed by atoms with Gasteiger partial charge in [0.2, 0.25) is 0 Å². The summed E-state index contributed by atoms with van der Waals surface area (Å²) < 4.78 is 30.1. The molecule has 14 aromatic carbocycles. The van der Waals surface area contributed by atoms with E-state index in [-0.39, 0.29) is 77.5 Å². The Kier molecular flexibility index (Phi) is 19.9. The molecule has 121 heavy (non-hydrogen) atoms. The van der Waals surface area contributed by atoms with E-state index in [1.807, 2.05) is 78.9 Å². The number of nitrogens with zero attached hydrogens (tertiary/aromatic N) is 2. The molecule has 0 aliphatic carbocycles. The Morgan fingerprint density at radius 2 is 0.554 bits per heavy atom. The van der Waals surface area contributed by atoms with E-state index in [0.29, 0.717) is 106 Å². The molecule has 2 aliphatic heterocycles. The molecule has 0 aromatic heterocycles. The number of fused-ring (bicyclic) bond motifs is 4. The van der Waals surface area contributed by atoms with Gasteiger partial charge in [-0.15, -0.1) is 0 Å². The van der Waals surface area contributed by atoms with Crippen LogP contribution in [0.3, 0.4) is 0 Å². The number of ether oxygens (including phenoxy) is 4. The van der Waals surface area contributed by atoms with Gasteiger partial charge in [-0.1, -0.05) is 257 Å². The van der Waals surface area contributed by atoms with Crippen LogP contribution in [-0.4, -0.2) is 34.7 Å². The third-order valence-corrected chi connectivity index (χ3v) is 24.9. The highest BCUT2D eigenvalue weighted by Gasteiger charge is 2.44. The fourth-order valence-corrected chi connectivity index (χ4v) is 21.3. The maximum atomic E-state index is 16.6. The van der Waals surface area contributed by atoms with Crippen molar-refractivity contribution in [2.45, 2.75) is 225 Å². The number of anilines is 2. The second-order valence-electron chi connectivity index (χ2n) is 42.6. The predicted octanol–water partition coefficient (Wildman–Crippen LogP) is 30.2. The fourth-order valence-electron chi connectivity index (χ4n) is 21.3. The summed E-state index contributed by atoms with van der Waals surface area (Å²) in [6.45, 7) is 53.6. The van der Waals surface area contributed by atoms with Crippen LogP contribution in [0, 0.1) is 21.7 Å². The first-order valence-electron chi connectivity index (χ1n) is 42.9. The Morgan fingerprint density at radius 3 is 0.785 bits per heavy atom. The number of rotatable bonds is 21. The zero-order valence-electron chi connectivity index (χ0n) is 74.9. The summed E-state index contributed by atoms with van der Waals surface area (Å²) in [5.74, 6) is -0.0600. The number of hydrogen-bond donors (Lipinski definition) is 1. The zero-order valence-corrected chi connectivity index (χ0v) is 74.9. The van der Waals surface area contributed by atoms with Gasteiger partial charge in [0.05, 0.1) is 39.2 Å². The van der Waals surface area contributed by atoms with E-state index in [1.165, 1.54) is 29.2 Å². The Bertz CT molecular complexity index is 6220. The van der Waals surface area contributed by atoms with Crippen LogP contribution in [0.15, 0.2) is 188 Å². The normalized spacial score (nSPS) is 14.2.